The largest absolute Gasteiger partial charge is 0.243 e. The molecule has 0 atom stereocenters. The van der Waals surface area contributed by atoms with Crippen LogP contribution in [0, 0.1) is 16.4 Å². The van der Waals surface area contributed by atoms with Gasteiger partial charge in [0.15, 0.2) is 11.6 Å². The Balaban J connectivity index is 2.69. The minimum Gasteiger partial charge on any atom is -0.206 e. The number of benzene rings is 1. The van der Waals surface area contributed by atoms with Crippen LogP contribution in [0.5, 0.6) is 0 Å². The van der Waals surface area contributed by atoms with Gasteiger partial charge in [0.2, 0.25) is 4.77 Å². The smallest absolute Gasteiger partial charge is 0.206 e. The van der Waals surface area contributed by atoms with E-state index >= 15 is 0 Å². The van der Waals surface area contributed by atoms with Crippen LogP contribution in [-0.4, -0.2) is 20.2 Å². The fraction of sp³-hybridized carbons (Fsp3) is 0. The molecule has 0 unspecified atom stereocenters. The van der Waals surface area contributed by atoms with Gasteiger partial charge in [-0.05, 0) is 24.4 Å². The van der Waals surface area contributed by atoms with Crippen LogP contribution in [0.2, 0.25) is 0 Å². The van der Waals surface area contributed by atoms with Crippen LogP contribution in [0.15, 0.2) is 18.2 Å². The van der Waals surface area contributed by atoms with Gasteiger partial charge in [-0.2, -0.15) is 5.21 Å². The van der Waals surface area contributed by atoms with Crippen molar-refractivity contribution in [2.45, 2.75) is 0 Å². The summed E-state index contributed by atoms with van der Waals surface area (Å²) in [6.07, 6.45) is 0. The van der Waals surface area contributed by atoms with E-state index in [1.54, 1.807) is 0 Å². The second kappa shape index (κ2) is 3.26. The third-order valence-electron chi connectivity index (χ3n) is 1.64. The molecule has 0 amide bonds. The van der Waals surface area contributed by atoms with Crippen molar-refractivity contribution in [3.8, 4) is 5.69 Å². The van der Waals surface area contributed by atoms with Gasteiger partial charge in [-0.1, -0.05) is 16.4 Å². The van der Waals surface area contributed by atoms with Crippen LogP contribution in [0.3, 0.4) is 0 Å². The van der Waals surface area contributed by atoms with Crippen molar-refractivity contribution in [3.63, 3.8) is 0 Å². The van der Waals surface area contributed by atoms with Gasteiger partial charge in [-0.3, -0.25) is 0 Å². The highest BCUT2D eigenvalue weighted by Crippen LogP contribution is 2.14. The molecule has 7 heteroatoms. The Kier molecular flexibility index (Phi) is 2.08. The SMILES string of the molecule is Fc1cccc(-n2[nH]nnc2=S)c1F. The van der Waals surface area contributed by atoms with Crippen LogP contribution < -0.4 is 0 Å². The number of aromatic nitrogens is 4. The molecule has 0 saturated carbocycles. The summed E-state index contributed by atoms with van der Waals surface area (Å²) in [7, 11) is 0. The number of H-pyrrole nitrogens is 1. The first-order valence-corrected chi connectivity index (χ1v) is 4.05. The molecule has 1 aromatic heterocycles. The van der Waals surface area contributed by atoms with Gasteiger partial charge in [0, 0.05) is 0 Å². The molecule has 1 aromatic carbocycles. The van der Waals surface area contributed by atoms with Crippen molar-refractivity contribution in [1.29, 1.82) is 0 Å². The van der Waals surface area contributed by atoms with Crippen molar-refractivity contribution in [2.24, 2.45) is 0 Å². The van der Waals surface area contributed by atoms with E-state index in [1.807, 2.05) is 0 Å². The molecule has 0 aliphatic heterocycles. The van der Waals surface area contributed by atoms with Crippen molar-refractivity contribution in [1.82, 2.24) is 20.2 Å². The normalized spacial score (nSPS) is 10.4. The van der Waals surface area contributed by atoms with Crippen LogP contribution in [0.1, 0.15) is 0 Å². The Morgan fingerprint density at radius 2 is 2.14 bits per heavy atom. The van der Waals surface area contributed by atoms with Gasteiger partial charge >= 0.3 is 0 Å². The average Bonchev–Trinajstić information content (AvgIpc) is 2.57. The lowest BCUT2D eigenvalue weighted by Gasteiger charge is -2.01. The number of hydrogen-bond donors (Lipinski definition) is 1. The number of halogens is 2. The van der Waals surface area contributed by atoms with E-state index in [0.717, 1.165) is 10.7 Å². The topological polar surface area (TPSA) is 46.5 Å². The number of tetrazole rings is 1. The number of nitrogens with zero attached hydrogens (tertiary/aromatic N) is 3. The van der Waals surface area contributed by atoms with Crippen molar-refractivity contribution in [2.75, 3.05) is 0 Å². The second-order valence-electron chi connectivity index (χ2n) is 2.49. The number of rotatable bonds is 1. The predicted molar refractivity (Wildman–Crippen MR) is 46.5 cm³/mol. The van der Waals surface area contributed by atoms with Gasteiger partial charge in [0.25, 0.3) is 0 Å². The standard InChI is InChI=1S/C7H4F2N4S/c8-4-2-1-3-5(6(4)9)13-7(14)10-11-12-13/h1-3H,(H,10,12,14). The summed E-state index contributed by atoms with van der Waals surface area (Å²) in [5.74, 6) is -1.94. The highest BCUT2D eigenvalue weighted by atomic mass is 32.1. The van der Waals surface area contributed by atoms with Crippen molar-refractivity contribution < 1.29 is 8.78 Å². The molecule has 0 spiro atoms. The summed E-state index contributed by atoms with van der Waals surface area (Å²) in [6.45, 7) is 0. The van der Waals surface area contributed by atoms with Gasteiger partial charge in [0.05, 0.1) is 0 Å². The molecular weight excluding hydrogens is 210 g/mol. The molecule has 1 heterocycles. The number of aromatic amines is 1. The van der Waals surface area contributed by atoms with Crippen LogP contribution >= 0.6 is 12.2 Å². The van der Waals surface area contributed by atoms with Crippen molar-refractivity contribution >= 4 is 12.2 Å². The van der Waals surface area contributed by atoms with E-state index in [4.69, 9.17) is 12.2 Å². The summed E-state index contributed by atoms with van der Waals surface area (Å²) in [6, 6.07) is 3.76. The molecule has 2 aromatic rings. The van der Waals surface area contributed by atoms with Gasteiger partial charge in [-0.25, -0.2) is 13.5 Å². The third-order valence-corrected chi connectivity index (χ3v) is 1.91. The Labute approximate surface area is 82.2 Å². The molecule has 0 fully saturated rings. The molecule has 0 radical (unpaired) electrons. The van der Waals surface area contributed by atoms with Crippen LogP contribution in [0.4, 0.5) is 8.78 Å². The maximum Gasteiger partial charge on any atom is 0.243 e. The maximum atomic E-state index is 13.2. The second-order valence-corrected chi connectivity index (χ2v) is 2.86. The Hall–Kier alpha value is -1.63. The molecule has 1 N–H and O–H groups in total. The predicted octanol–water partition coefficient (Wildman–Crippen LogP) is 1.60. The zero-order chi connectivity index (χ0) is 10.1. The summed E-state index contributed by atoms with van der Waals surface area (Å²) < 4.78 is 27.2. The first-order valence-electron chi connectivity index (χ1n) is 3.64. The monoisotopic (exact) mass is 214 g/mol. The number of nitrogens with one attached hydrogen (secondary N) is 1. The van der Waals surface area contributed by atoms with E-state index in [1.165, 1.54) is 12.1 Å². The zero-order valence-electron chi connectivity index (χ0n) is 6.74. The Morgan fingerprint density at radius 1 is 1.36 bits per heavy atom. The van der Waals surface area contributed by atoms with Gasteiger partial charge in [0.1, 0.15) is 5.69 Å². The zero-order valence-corrected chi connectivity index (χ0v) is 7.55. The van der Waals surface area contributed by atoms with E-state index < -0.39 is 11.6 Å². The highest BCUT2D eigenvalue weighted by molar-refractivity contribution is 7.71. The van der Waals surface area contributed by atoms with Crippen LogP contribution in [0.25, 0.3) is 5.69 Å². The lowest BCUT2D eigenvalue weighted by Crippen LogP contribution is -2.01. The fourth-order valence-corrected chi connectivity index (χ4v) is 1.20. The lowest BCUT2D eigenvalue weighted by molar-refractivity contribution is 0.500. The first-order chi connectivity index (χ1) is 6.70. The Bertz CT molecular complexity index is 518. The van der Waals surface area contributed by atoms with E-state index in [0.29, 0.717) is 0 Å². The molecule has 4 nitrogen and oxygen atoms in total. The minimum absolute atomic E-state index is 0.0366. The Morgan fingerprint density at radius 3 is 2.79 bits per heavy atom. The summed E-state index contributed by atoms with van der Waals surface area (Å²) in [5.41, 5.74) is -0.0417. The third kappa shape index (κ3) is 1.31. The average molecular weight is 214 g/mol. The molecule has 0 aliphatic rings. The van der Waals surface area contributed by atoms with E-state index in [-0.39, 0.29) is 10.5 Å². The summed E-state index contributed by atoms with van der Waals surface area (Å²) in [4.78, 5) is 0. The molecule has 0 saturated heterocycles. The maximum absolute atomic E-state index is 13.2. The molecule has 0 aliphatic carbocycles. The van der Waals surface area contributed by atoms with Crippen molar-refractivity contribution in [3.05, 3.63) is 34.6 Å². The van der Waals surface area contributed by atoms with Gasteiger partial charge < -0.3 is 0 Å². The van der Waals surface area contributed by atoms with E-state index in [9.17, 15) is 8.78 Å². The highest BCUT2D eigenvalue weighted by Gasteiger charge is 2.10. The summed E-state index contributed by atoms with van der Waals surface area (Å²) >= 11 is 4.74. The molecule has 0 bridgehead atoms. The summed E-state index contributed by atoms with van der Waals surface area (Å²) in [5, 5.41) is 9.14. The first kappa shape index (κ1) is 8.95. The molecular formula is C7H4F2N4S. The lowest BCUT2D eigenvalue weighted by atomic mass is 10.3. The van der Waals surface area contributed by atoms with Crippen LogP contribution in [-0.2, 0) is 0 Å². The number of hydrogen-bond acceptors (Lipinski definition) is 3. The molecule has 14 heavy (non-hydrogen) atoms. The minimum atomic E-state index is -0.991. The molecule has 2 rings (SSSR count). The molecule has 72 valence electrons. The van der Waals surface area contributed by atoms with Gasteiger partial charge in [-0.15, -0.1) is 0 Å². The van der Waals surface area contributed by atoms with E-state index in [2.05, 4.69) is 15.5 Å². The quantitative estimate of drug-likeness (QED) is 0.733. The fourth-order valence-electron chi connectivity index (χ4n) is 1.02.